The number of hydrogen-bond acceptors (Lipinski definition) is 3. The summed E-state index contributed by atoms with van der Waals surface area (Å²) in [4.78, 5) is 28.0. The Morgan fingerprint density at radius 3 is 2.82 bits per heavy atom. The zero-order chi connectivity index (χ0) is 16.1. The third-order valence-corrected chi connectivity index (χ3v) is 3.59. The maximum atomic E-state index is 12.1. The second kappa shape index (κ2) is 7.06. The predicted molar refractivity (Wildman–Crippen MR) is 84.8 cm³/mol. The summed E-state index contributed by atoms with van der Waals surface area (Å²) in [5.41, 5.74) is 2.10. The number of aromatic nitrogens is 2. The number of hydrogen-bond donors (Lipinski definition) is 2. The molecule has 0 saturated heterocycles. The van der Waals surface area contributed by atoms with Crippen molar-refractivity contribution >= 4 is 17.5 Å². The Kier molecular flexibility index (Phi) is 5.14. The largest absolute Gasteiger partial charge is 0.354 e. The van der Waals surface area contributed by atoms with Gasteiger partial charge in [0, 0.05) is 30.9 Å². The van der Waals surface area contributed by atoms with E-state index in [4.69, 9.17) is 0 Å². The van der Waals surface area contributed by atoms with Crippen LogP contribution in [0.25, 0.3) is 5.65 Å². The Morgan fingerprint density at radius 2 is 2.14 bits per heavy atom. The molecule has 22 heavy (non-hydrogen) atoms. The first-order valence-corrected chi connectivity index (χ1v) is 7.53. The number of nitrogens with zero attached hydrogens (tertiary/aromatic N) is 2. The van der Waals surface area contributed by atoms with Crippen molar-refractivity contribution in [3.05, 3.63) is 35.8 Å². The highest BCUT2D eigenvalue weighted by Gasteiger charge is 2.12. The maximum Gasteiger partial charge on any atom is 0.271 e. The molecule has 0 aromatic carbocycles. The number of aryl methyl sites for hydroxylation is 1. The van der Waals surface area contributed by atoms with Gasteiger partial charge in [-0.2, -0.15) is 0 Å². The molecule has 2 heterocycles. The molecule has 0 aliphatic carbocycles. The lowest BCUT2D eigenvalue weighted by Gasteiger charge is -2.11. The lowest BCUT2D eigenvalue weighted by Crippen LogP contribution is -2.35. The van der Waals surface area contributed by atoms with Crippen LogP contribution < -0.4 is 10.6 Å². The smallest absolute Gasteiger partial charge is 0.271 e. The number of imidazole rings is 1. The van der Waals surface area contributed by atoms with Crippen LogP contribution in [0.15, 0.2) is 24.4 Å². The second-order valence-corrected chi connectivity index (χ2v) is 5.40. The topological polar surface area (TPSA) is 75.5 Å². The number of fused-ring (bicyclic) bond motifs is 1. The molecule has 1 atom stereocenters. The maximum absolute atomic E-state index is 12.1. The van der Waals surface area contributed by atoms with E-state index in [-0.39, 0.29) is 24.3 Å². The summed E-state index contributed by atoms with van der Waals surface area (Å²) < 4.78 is 1.87. The van der Waals surface area contributed by atoms with E-state index in [1.807, 2.05) is 43.4 Å². The first-order valence-electron chi connectivity index (χ1n) is 7.53. The van der Waals surface area contributed by atoms with Gasteiger partial charge in [-0.15, -0.1) is 0 Å². The molecule has 2 aromatic rings. The first kappa shape index (κ1) is 16.0. The Hall–Kier alpha value is -2.37. The Bertz CT molecular complexity index is 678. The molecule has 2 N–H and O–H groups in total. The summed E-state index contributed by atoms with van der Waals surface area (Å²) in [6, 6.07) is 5.86. The van der Waals surface area contributed by atoms with E-state index in [0.717, 1.165) is 17.8 Å². The van der Waals surface area contributed by atoms with Crippen molar-refractivity contribution in [3.63, 3.8) is 0 Å². The number of carbonyl (C=O) groups is 2. The third-order valence-electron chi connectivity index (χ3n) is 3.59. The second-order valence-electron chi connectivity index (χ2n) is 5.40. The fourth-order valence-corrected chi connectivity index (χ4v) is 2.09. The van der Waals surface area contributed by atoms with Gasteiger partial charge in [-0.05, 0) is 32.4 Å². The molecule has 6 nitrogen and oxygen atoms in total. The molecule has 0 radical (unpaired) electrons. The van der Waals surface area contributed by atoms with E-state index in [1.165, 1.54) is 0 Å². The number of rotatable bonds is 6. The molecule has 0 aliphatic heterocycles. The number of amides is 2. The quantitative estimate of drug-likeness (QED) is 0.852. The third kappa shape index (κ3) is 3.84. The number of pyridine rings is 1. The van der Waals surface area contributed by atoms with Gasteiger partial charge in [0.2, 0.25) is 5.91 Å². The first-order chi connectivity index (χ1) is 10.5. The highest BCUT2D eigenvalue weighted by Crippen LogP contribution is 2.08. The van der Waals surface area contributed by atoms with Crippen LogP contribution in [0.3, 0.4) is 0 Å². The summed E-state index contributed by atoms with van der Waals surface area (Å²) in [5.74, 6) is -0.320. The van der Waals surface area contributed by atoms with Crippen molar-refractivity contribution in [1.82, 2.24) is 20.0 Å². The molecule has 0 aliphatic rings. The van der Waals surface area contributed by atoms with Gasteiger partial charge in [0.15, 0.2) is 0 Å². The average molecular weight is 302 g/mol. The fourth-order valence-electron chi connectivity index (χ4n) is 2.09. The van der Waals surface area contributed by atoms with Gasteiger partial charge in [-0.25, -0.2) is 4.98 Å². The van der Waals surface area contributed by atoms with Gasteiger partial charge in [-0.1, -0.05) is 13.0 Å². The van der Waals surface area contributed by atoms with Gasteiger partial charge in [-0.3, -0.25) is 9.59 Å². The van der Waals surface area contributed by atoms with Crippen LogP contribution >= 0.6 is 0 Å². The summed E-state index contributed by atoms with van der Waals surface area (Å²) >= 11 is 0. The summed E-state index contributed by atoms with van der Waals surface area (Å²) in [6.45, 7) is 6.22. The van der Waals surface area contributed by atoms with Crippen molar-refractivity contribution in [2.24, 2.45) is 0 Å². The summed E-state index contributed by atoms with van der Waals surface area (Å²) in [5, 5.41) is 5.59. The summed E-state index contributed by atoms with van der Waals surface area (Å²) in [7, 11) is 0. The van der Waals surface area contributed by atoms with Gasteiger partial charge >= 0.3 is 0 Å². The molecule has 118 valence electrons. The molecule has 0 unspecified atom stereocenters. The molecule has 2 amide bonds. The minimum absolute atomic E-state index is 0.0551. The van der Waals surface area contributed by atoms with Gasteiger partial charge in [0.05, 0.1) is 0 Å². The molecule has 6 heteroatoms. The van der Waals surface area contributed by atoms with Gasteiger partial charge in [0.1, 0.15) is 11.3 Å². The molecule has 0 fully saturated rings. The van der Waals surface area contributed by atoms with Crippen LogP contribution in [0.4, 0.5) is 0 Å². The van der Waals surface area contributed by atoms with Crippen LogP contribution in [0, 0.1) is 6.92 Å². The average Bonchev–Trinajstić information content (AvgIpc) is 2.92. The van der Waals surface area contributed by atoms with E-state index in [0.29, 0.717) is 12.2 Å². The molecule has 0 saturated carbocycles. The van der Waals surface area contributed by atoms with Crippen molar-refractivity contribution in [3.8, 4) is 0 Å². The van der Waals surface area contributed by atoms with Crippen LogP contribution in [0.2, 0.25) is 0 Å². The van der Waals surface area contributed by atoms with E-state index in [1.54, 1.807) is 6.20 Å². The number of carbonyl (C=O) groups excluding carboxylic acids is 2. The normalized spacial score (nSPS) is 12.1. The Balaban J connectivity index is 1.89. The zero-order valence-electron chi connectivity index (χ0n) is 13.2. The highest BCUT2D eigenvalue weighted by molar-refractivity contribution is 5.93. The molecular formula is C16H22N4O2. The minimum atomic E-state index is -0.264. The lowest BCUT2D eigenvalue weighted by molar-refractivity contribution is -0.121. The van der Waals surface area contributed by atoms with Crippen LogP contribution in [-0.2, 0) is 4.79 Å². The Labute approximate surface area is 129 Å². The molecular weight excluding hydrogens is 280 g/mol. The van der Waals surface area contributed by atoms with E-state index < -0.39 is 0 Å². The van der Waals surface area contributed by atoms with Gasteiger partial charge < -0.3 is 15.0 Å². The zero-order valence-corrected chi connectivity index (χ0v) is 13.2. The van der Waals surface area contributed by atoms with Crippen molar-refractivity contribution in [1.29, 1.82) is 0 Å². The predicted octanol–water partition coefficient (Wildman–Crippen LogP) is 1.68. The van der Waals surface area contributed by atoms with Crippen molar-refractivity contribution < 1.29 is 9.59 Å². The standard InChI is InChI=1S/C16H22N4O2/c1-4-11(2)18-15(21)8-9-17-16(22)13-10-20-12(3)6-5-7-14(20)19-13/h5-7,10-11H,4,8-9H2,1-3H3,(H,17,22)(H,18,21)/t11-/m0/s1. The van der Waals surface area contributed by atoms with Crippen LogP contribution in [-0.4, -0.2) is 33.8 Å². The Morgan fingerprint density at radius 1 is 1.36 bits per heavy atom. The van der Waals surface area contributed by atoms with Crippen LogP contribution in [0.1, 0.15) is 42.9 Å². The van der Waals surface area contributed by atoms with Crippen molar-refractivity contribution in [2.75, 3.05) is 6.54 Å². The van der Waals surface area contributed by atoms with Crippen molar-refractivity contribution in [2.45, 2.75) is 39.7 Å². The van der Waals surface area contributed by atoms with E-state index in [9.17, 15) is 9.59 Å². The van der Waals surface area contributed by atoms with Gasteiger partial charge in [0.25, 0.3) is 5.91 Å². The lowest BCUT2D eigenvalue weighted by atomic mass is 10.2. The molecule has 0 bridgehead atoms. The molecule has 2 aromatic heterocycles. The van der Waals surface area contributed by atoms with E-state index in [2.05, 4.69) is 15.6 Å². The van der Waals surface area contributed by atoms with Crippen LogP contribution in [0.5, 0.6) is 0 Å². The number of nitrogens with one attached hydrogen (secondary N) is 2. The minimum Gasteiger partial charge on any atom is -0.354 e. The summed E-state index contributed by atoms with van der Waals surface area (Å²) in [6.07, 6.45) is 2.86. The fraction of sp³-hybridized carbons (Fsp3) is 0.438. The molecule has 2 rings (SSSR count). The molecule has 0 spiro atoms. The SMILES string of the molecule is CC[C@H](C)NC(=O)CCNC(=O)c1cn2c(C)cccc2n1. The highest BCUT2D eigenvalue weighted by atomic mass is 16.2. The van der Waals surface area contributed by atoms with E-state index >= 15 is 0 Å². The monoisotopic (exact) mass is 302 g/mol.